The number of hydrogen-bond acceptors (Lipinski definition) is 8. The molecule has 2 aromatic heterocycles. The van der Waals surface area contributed by atoms with E-state index in [4.69, 9.17) is 4.74 Å². The van der Waals surface area contributed by atoms with Gasteiger partial charge < -0.3 is 25.2 Å². The highest BCUT2D eigenvalue weighted by atomic mass is 19.3. The number of likely N-dealkylation sites (tertiary alicyclic amines) is 1. The fraction of sp³-hybridized carbons (Fsp3) is 0.680. The van der Waals surface area contributed by atoms with Crippen molar-refractivity contribution in [3.8, 4) is 0 Å². The van der Waals surface area contributed by atoms with Crippen LogP contribution in [0.1, 0.15) is 56.8 Å². The summed E-state index contributed by atoms with van der Waals surface area (Å²) in [5, 5.41) is 10.8. The second kappa shape index (κ2) is 11.7. The second-order valence-corrected chi connectivity index (χ2v) is 10.6. The number of anilines is 3. The van der Waals surface area contributed by atoms with E-state index in [-0.39, 0.29) is 23.2 Å². The zero-order valence-electron chi connectivity index (χ0n) is 22.1. The Hall–Kier alpha value is -2.86. The summed E-state index contributed by atoms with van der Waals surface area (Å²) in [4.78, 5) is 25.3. The van der Waals surface area contributed by atoms with Crippen LogP contribution in [0.2, 0.25) is 0 Å². The van der Waals surface area contributed by atoms with Crippen LogP contribution in [-0.4, -0.2) is 88.4 Å². The van der Waals surface area contributed by atoms with E-state index in [0.29, 0.717) is 45.3 Å². The monoisotopic (exact) mass is 520 g/mol. The van der Waals surface area contributed by atoms with E-state index in [1.54, 1.807) is 4.90 Å². The third-order valence-corrected chi connectivity index (χ3v) is 7.01. The number of amides is 1. The number of piperidine rings is 1. The summed E-state index contributed by atoms with van der Waals surface area (Å²) < 4.78 is 34.8. The number of alkyl halides is 2. The molecule has 2 aliphatic heterocycles. The Morgan fingerprint density at radius 1 is 1.24 bits per heavy atom. The van der Waals surface area contributed by atoms with E-state index < -0.39 is 11.8 Å². The lowest BCUT2D eigenvalue weighted by atomic mass is 9.93. The highest BCUT2D eigenvalue weighted by molar-refractivity contribution is 5.82. The molecule has 0 aliphatic carbocycles. The quantitative estimate of drug-likeness (QED) is 0.484. The van der Waals surface area contributed by atoms with Gasteiger partial charge >= 0.3 is 0 Å². The number of halogens is 2. The van der Waals surface area contributed by atoms with Gasteiger partial charge in [0.1, 0.15) is 5.82 Å². The third-order valence-electron chi connectivity index (χ3n) is 7.01. The van der Waals surface area contributed by atoms with Crippen LogP contribution >= 0.6 is 0 Å². The maximum Gasteiger partial charge on any atom is 0.268 e. The topological polar surface area (TPSA) is 100 Å². The van der Waals surface area contributed by atoms with Gasteiger partial charge in [-0.25, -0.2) is 13.8 Å². The molecule has 0 saturated carbocycles. The molecule has 204 valence electrons. The molecule has 37 heavy (non-hydrogen) atoms. The van der Waals surface area contributed by atoms with Crippen LogP contribution < -0.4 is 10.6 Å². The van der Waals surface area contributed by atoms with Crippen molar-refractivity contribution in [1.82, 2.24) is 29.5 Å². The van der Waals surface area contributed by atoms with Crippen molar-refractivity contribution in [2.75, 3.05) is 63.6 Å². The zero-order valence-corrected chi connectivity index (χ0v) is 22.1. The Morgan fingerprint density at radius 3 is 2.73 bits per heavy atom. The van der Waals surface area contributed by atoms with Crippen molar-refractivity contribution in [1.29, 1.82) is 0 Å². The van der Waals surface area contributed by atoms with Crippen molar-refractivity contribution in [3.05, 3.63) is 23.7 Å². The Morgan fingerprint density at radius 2 is 2.00 bits per heavy atom. The highest BCUT2D eigenvalue weighted by Crippen LogP contribution is 2.29. The number of aryl methyl sites for hydroxylation is 1. The second-order valence-electron chi connectivity index (χ2n) is 10.6. The number of aromatic nitrogens is 4. The smallest absolute Gasteiger partial charge is 0.268 e. The molecule has 0 radical (unpaired) electrons. The van der Waals surface area contributed by atoms with Gasteiger partial charge in [-0.15, -0.1) is 0 Å². The molecule has 4 heterocycles. The molecule has 2 saturated heterocycles. The highest BCUT2D eigenvalue weighted by Gasteiger charge is 2.34. The summed E-state index contributed by atoms with van der Waals surface area (Å²) in [6.45, 7) is 9.99. The van der Waals surface area contributed by atoms with Gasteiger partial charge in [-0.3, -0.25) is 9.48 Å². The van der Waals surface area contributed by atoms with Crippen LogP contribution in [0.5, 0.6) is 0 Å². The zero-order chi connectivity index (χ0) is 26.6. The van der Waals surface area contributed by atoms with Gasteiger partial charge in [0.05, 0.1) is 41.6 Å². The molecule has 0 bridgehead atoms. The summed E-state index contributed by atoms with van der Waals surface area (Å²) in [6, 6.07) is 0.332. The van der Waals surface area contributed by atoms with Crippen molar-refractivity contribution in [2.24, 2.45) is 5.41 Å². The first-order chi connectivity index (χ1) is 17.6. The Balaban J connectivity index is 1.38. The molecule has 10 nitrogen and oxygen atoms in total. The maximum absolute atomic E-state index is 13.6. The van der Waals surface area contributed by atoms with E-state index in [1.165, 1.54) is 0 Å². The molecule has 0 aromatic carbocycles. The first kappa shape index (κ1) is 27.2. The number of carbonyl (C=O) groups is 1. The van der Waals surface area contributed by atoms with Crippen LogP contribution in [0.15, 0.2) is 12.4 Å². The summed E-state index contributed by atoms with van der Waals surface area (Å²) in [5.74, 6) is 0.348. The lowest BCUT2D eigenvalue weighted by Crippen LogP contribution is -2.42. The SMILES string of the molecule is Cc1nn(C2CCN(C)CC2)cc1Nc1ncc(C(F)F)c(NCCCN2CCOCC(C)(C)C2=O)n1. The van der Waals surface area contributed by atoms with Crippen LogP contribution in [0.3, 0.4) is 0 Å². The maximum atomic E-state index is 13.6. The molecule has 0 unspecified atom stereocenters. The summed E-state index contributed by atoms with van der Waals surface area (Å²) in [6.07, 6.45) is 3.01. The standard InChI is InChI=1S/C25H38F2N8O2/c1-17-20(15-35(32-17)18-6-10-33(4)11-7-18)30-24-29-14-19(21(26)27)22(31-24)28-8-5-9-34-12-13-37-16-25(2,3)23(34)36/h14-15,18,21H,5-13,16H2,1-4H3,(H2,28,29,30,31). The van der Waals surface area contributed by atoms with Crippen molar-refractivity contribution in [2.45, 2.75) is 52.5 Å². The molecule has 12 heteroatoms. The average Bonchev–Trinajstić information content (AvgIpc) is 3.16. The largest absolute Gasteiger partial charge is 0.379 e. The summed E-state index contributed by atoms with van der Waals surface area (Å²) in [7, 11) is 2.12. The van der Waals surface area contributed by atoms with Crippen LogP contribution in [0.25, 0.3) is 0 Å². The number of rotatable bonds is 9. The lowest BCUT2D eigenvalue weighted by molar-refractivity contribution is -0.139. The number of hydrogen-bond donors (Lipinski definition) is 2. The molecule has 2 N–H and O–H groups in total. The minimum absolute atomic E-state index is 0.0444. The Bertz CT molecular complexity index is 1070. The number of carbonyl (C=O) groups excluding carboxylic acids is 1. The molecular weight excluding hydrogens is 482 g/mol. The Labute approximate surface area is 216 Å². The van der Waals surface area contributed by atoms with E-state index >= 15 is 0 Å². The van der Waals surface area contributed by atoms with E-state index in [2.05, 4.69) is 37.6 Å². The van der Waals surface area contributed by atoms with Gasteiger partial charge in [-0.2, -0.15) is 10.1 Å². The summed E-state index contributed by atoms with van der Waals surface area (Å²) in [5.41, 5.74) is 0.715. The van der Waals surface area contributed by atoms with Gasteiger partial charge in [-0.1, -0.05) is 0 Å². The molecule has 2 aromatic rings. The van der Waals surface area contributed by atoms with E-state index in [9.17, 15) is 13.6 Å². The predicted octanol–water partition coefficient (Wildman–Crippen LogP) is 3.62. The van der Waals surface area contributed by atoms with Crippen molar-refractivity contribution < 1.29 is 18.3 Å². The molecule has 0 atom stereocenters. The molecule has 1 amide bonds. The molecule has 2 aliphatic rings. The molecular formula is C25H38F2N8O2. The fourth-order valence-corrected chi connectivity index (χ4v) is 4.71. The molecule has 0 spiro atoms. The minimum Gasteiger partial charge on any atom is -0.379 e. The lowest BCUT2D eigenvalue weighted by Gasteiger charge is -2.28. The van der Waals surface area contributed by atoms with Crippen molar-refractivity contribution >= 4 is 23.4 Å². The third kappa shape index (κ3) is 6.72. The minimum atomic E-state index is -2.71. The Kier molecular flexibility index (Phi) is 8.58. The fourth-order valence-electron chi connectivity index (χ4n) is 4.71. The summed E-state index contributed by atoms with van der Waals surface area (Å²) >= 11 is 0. The predicted molar refractivity (Wildman–Crippen MR) is 137 cm³/mol. The van der Waals surface area contributed by atoms with Gasteiger partial charge in [0.25, 0.3) is 6.43 Å². The van der Waals surface area contributed by atoms with Crippen LogP contribution in [-0.2, 0) is 9.53 Å². The van der Waals surface area contributed by atoms with Gasteiger partial charge in [0, 0.05) is 32.0 Å². The van der Waals surface area contributed by atoms with E-state index in [1.807, 2.05) is 31.6 Å². The van der Waals surface area contributed by atoms with Crippen molar-refractivity contribution in [3.63, 3.8) is 0 Å². The number of nitrogens with one attached hydrogen (secondary N) is 2. The number of nitrogens with zero attached hydrogens (tertiary/aromatic N) is 6. The average molecular weight is 521 g/mol. The molecule has 4 rings (SSSR count). The van der Waals surface area contributed by atoms with Gasteiger partial charge in [-0.05, 0) is 60.2 Å². The first-order valence-electron chi connectivity index (χ1n) is 12.9. The normalized spacial score (nSPS) is 19.3. The van der Waals surface area contributed by atoms with Gasteiger partial charge in [0.2, 0.25) is 11.9 Å². The van der Waals surface area contributed by atoms with Crippen LogP contribution in [0, 0.1) is 12.3 Å². The van der Waals surface area contributed by atoms with E-state index in [0.717, 1.165) is 43.5 Å². The van der Waals surface area contributed by atoms with Crippen LogP contribution in [0.4, 0.5) is 26.2 Å². The van der Waals surface area contributed by atoms with Gasteiger partial charge in [0.15, 0.2) is 0 Å². The first-order valence-corrected chi connectivity index (χ1v) is 12.9. The molecule has 2 fully saturated rings. The number of ether oxygens (including phenoxy) is 1.